The largest absolute Gasteiger partial charge is 0.868 e. The van der Waals surface area contributed by atoms with Crippen LogP contribution in [0, 0.1) is 24.0 Å². The zero-order valence-electron chi connectivity index (χ0n) is 12.8. The van der Waals surface area contributed by atoms with Crippen LogP contribution in [0.25, 0.3) is 10.2 Å². The summed E-state index contributed by atoms with van der Waals surface area (Å²) < 4.78 is 0. The number of aryl methyl sites for hydroxylation is 2. The summed E-state index contributed by atoms with van der Waals surface area (Å²) in [5.74, 6) is -0.0694. The van der Waals surface area contributed by atoms with Crippen LogP contribution >= 0.6 is 11.3 Å². The van der Waals surface area contributed by atoms with Gasteiger partial charge in [0.1, 0.15) is 11.2 Å². The van der Waals surface area contributed by atoms with Crippen LogP contribution in [-0.2, 0) is 0 Å². The summed E-state index contributed by atoms with van der Waals surface area (Å²) in [5, 5.41) is 27.1. The van der Waals surface area contributed by atoms with Gasteiger partial charge in [-0.25, -0.2) is 9.97 Å². The Labute approximate surface area is 140 Å². The average molecular weight is 342 g/mol. The van der Waals surface area contributed by atoms with Crippen LogP contribution in [0.2, 0.25) is 0 Å². The summed E-state index contributed by atoms with van der Waals surface area (Å²) in [6.07, 6.45) is 2.85. The molecule has 0 saturated heterocycles. The third kappa shape index (κ3) is 2.88. The van der Waals surface area contributed by atoms with E-state index in [0.29, 0.717) is 11.4 Å². The number of benzene rings is 1. The average Bonchev–Trinajstić information content (AvgIpc) is 2.84. The lowest BCUT2D eigenvalue weighted by Gasteiger charge is -2.06. The first-order chi connectivity index (χ1) is 11.5. The van der Waals surface area contributed by atoms with E-state index in [1.165, 1.54) is 24.7 Å². The Morgan fingerprint density at radius 3 is 2.88 bits per heavy atom. The normalized spacial score (nSPS) is 11.2. The Kier molecular flexibility index (Phi) is 4.09. The van der Waals surface area contributed by atoms with Crippen molar-refractivity contribution in [3.05, 3.63) is 50.6 Å². The topological polar surface area (TPSA) is 116 Å². The first kappa shape index (κ1) is 15.8. The first-order valence-electron chi connectivity index (χ1n) is 6.92. The molecule has 122 valence electrons. The molecule has 0 saturated carbocycles. The van der Waals surface area contributed by atoms with Gasteiger partial charge in [-0.3, -0.25) is 15.5 Å². The van der Waals surface area contributed by atoms with E-state index in [0.717, 1.165) is 26.7 Å². The molecule has 8 nitrogen and oxygen atoms in total. The highest BCUT2D eigenvalue weighted by molar-refractivity contribution is 7.18. The molecule has 0 aliphatic carbocycles. The minimum absolute atomic E-state index is 0.442. The van der Waals surface area contributed by atoms with Gasteiger partial charge in [-0.15, -0.1) is 11.3 Å². The molecule has 1 N–H and O–H groups in total. The van der Waals surface area contributed by atoms with Crippen molar-refractivity contribution in [1.82, 2.24) is 9.97 Å². The molecule has 1 aromatic carbocycles. The lowest BCUT2D eigenvalue weighted by Crippen LogP contribution is -1.99. The fourth-order valence-corrected chi connectivity index (χ4v) is 3.19. The molecule has 3 aromatic rings. The summed E-state index contributed by atoms with van der Waals surface area (Å²) in [7, 11) is 0. The third-order valence-electron chi connectivity index (χ3n) is 3.53. The van der Waals surface area contributed by atoms with E-state index in [9.17, 15) is 15.2 Å². The van der Waals surface area contributed by atoms with E-state index in [4.69, 9.17) is 0 Å². The van der Waals surface area contributed by atoms with Gasteiger partial charge in [-0.2, -0.15) is 5.10 Å². The highest BCUT2D eigenvalue weighted by Gasteiger charge is 2.11. The number of nitrogens with one attached hydrogen (secondary N) is 1. The fraction of sp³-hybridized carbons (Fsp3) is 0.133. The number of anilines is 1. The number of hydrazone groups is 1. The predicted molar refractivity (Wildman–Crippen MR) is 90.6 cm³/mol. The fourth-order valence-electron chi connectivity index (χ4n) is 2.19. The number of nitro groups is 1. The van der Waals surface area contributed by atoms with E-state index in [1.54, 1.807) is 11.3 Å². The van der Waals surface area contributed by atoms with Crippen molar-refractivity contribution in [3.8, 4) is 5.75 Å². The molecule has 0 atom stereocenters. The lowest BCUT2D eigenvalue weighted by atomic mass is 10.2. The standard InChI is InChI=1S/C15H13N5O3S/c1-8-9(2)24-15-13(8)14(16-7-17-15)19-18-6-10-3-4-12(21)11(5-10)20(22)23/h3-7,21H,1-2H3,(H,16,17,19)/p-1/b18-6-. The summed E-state index contributed by atoms with van der Waals surface area (Å²) in [5.41, 5.74) is 3.88. The Morgan fingerprint density at radius 1 is 1.33 bits per heavy atom. The van der Waals surface area contributed by atoms with Gasteiger partial charge in [-0.05, 0) is 25.2 Å². The van der Waals surface area contributed by atoms with Gasteiger partial charge < -0.3 is 5.11 Å². The number of hydrogen-bond acceptors (Lipinski definition) is 8. The molecular formula is C15H12N5O3S-. The van der Waals surface area contributed by atoms with Crippen LogP contribution in [0.5, 0.6) is 5.75 Å². The molecule has 0 amide bonds. The summed E-state index contributed by atoms with van der Waals surface area (Å²) >= 11 is 1.58. The molecule has 0 unspecified atom stereocenters. The maximum absolute atomic E-state index is 11.4. The van der Waals surface area contributed by atoms with Crippen molar-refractivity contribution < 1.29 is 10.0 Å². The van der Waals surface area contributed by atoms with Crippen molar-refractivity contribution in [2.24, 2.45) is 5.10 Å². The van der Waals surface area contributed by atoms with E-state index in [1.807, 2.05) is 13.8 Å². The Hall–Kier alpha value is -3.07. The van der Waals surface area contributed by atoms with Gasteiger partial charge in [-0.1, -0.05) is 12.1 Å². The molecule has 0 fully saturated rings. The van der Waals surface area contributed by atoms with Crippen LogP contribution in [-0.4, -0.2) is 21.1 Å². The highest BCUT2D eigenvalue weighted by atomic mass is 32.1. The van der Waals surface area contributed by atoms with E-state index >= 15 is 0 Å². The van der Waals surface area contributed by atoms with Crippen molar-refractivity contribution in [1.29, 1.82) is 0 Å². The first-order valence-corrected chi connectivity index (χ1v) is 7.74. The number of nitro benzene ring substituents is 1. The number of thiophene rings is 1. The molecule has 3 rings (SSSR count). The zero-order valence-corrected chi connectivity index (χ0v) is 13.6. The number of hydrogen-bond donors (Lipinski definition) is 1. The van der Waals surface area contributed by atoms with Gasteiger partial charge in [0.2, 0.25) is 0 Å². The Morgan fingerprint density at radius 2 is 2.12 bits per heavy atom. The third-order valence-corrected chi connectivity index (χ3v) is 4.64. The molecule has 0 aliphatic rings. The molecular weight excluding hydrogens is 330 g/mol. The number of aromatic nitrogens is 2. The molecule has 0 spiro atoms. The number of nitrogens with zero attached hydrogens (tertiary/aromatic N) is 4. The van der Waals surface area contributed by atoms with Crippen LogP contribution < -0.4 is 10.5 Å². The van der Waals surface area contributed by atoms with E-state index < -0.39 is 16.4 Å². The van der Waals surface area contributed by atoms with Gasteiger partial charge in [0.15, 0.2) is 5.82 Å². The highest BCUT2D eigenvalue weighted by Crippen LogP contribution is 2.32. The molecule has 0 radical (unpaired) electrons. The Balaban J connectivity index is 1.87. The van der Waals surface area contributed by atoms with Crippen LogP contribution in [0.15, 0.2) is 29.6 Å². The second-order valence-corrected chi connectivity index (χ2v) is 6.24. The molecule has 0 bridgehead atoms. The maximum atomic E-state index is 11.4. The smallest absolute Gasteiger partial charge is 0.262 e. The summed E-state index contributed by atoms with van der Waals surface area (Å²) in [6, 6.07) is 3.80. The van der Waals surface area contributed by atoms with Gasteiger partial charge in [0, 0.05) is 16.5 Å². The molecule has 24 heavy (non-hydrogen) atoms. The van der Waals surface area contributed by atoms with Gasteiger partial charge in [0.25, 0.3) is 5.69 Å². The monoisotopic (exact) mass is 342 g/mol. The van der Waals surface area contributed by atoms with Gasteiger partial charge in [0.05, 0.1) is 16.5 Å². The molecule has 2 heterocycles. The van der Waals surface area contributed by atoms with Crippen molar-refractivity contribution >= 4 is 39.3 Å². The minimum atomic E-state index is -0.710. The molecule has 9 heteroatoms. The summed E-state index contributed by atoms with van der Waals surface area (Å²) in [4.78, 5) is 20.5. The second kappa shape index (κ2) is 6.20. The second-order valence-electron chi connectivity index (χ2n) is 5.04. The van der Waals surface area contributed by atoms with Crippen molar-refractivity contribution in [2.45, 2.75) is 13.8 Å². The van der Waals surface area contributed by atoms with E-state index in [2.05, 4.69) is 20.5 Å². The van der Waals surface area contributed by atoms with Crippen molar-refractivity contribution in [3.63, 3.8) is 0 Å². The predicted octanol–water partition coefficient (Wildman–Crippen LogP) is 2.74. The Bertz CT molecular complexity index is 967. The van der Waals surface area contributed by atoms with E-state index in [-0.39, 0.29) is 0 Å². The summed E-state index contributed by atoms with van der Waals surface area (Å²) in [6.45, 7) is 4.00. The molecule has 0 aliphatic heterocycles. The number of rotatable bonds is 4. The SMILES string of the molecule is Cc1sc2ncnc(N/N=C\c3ccc([O-])c([N+](=O)[O-])c3)c2c1C. The van der Waals surface area contributed by atoms with Gasteiger partial charge >= 0.3 is 0 Å². The number of fused-ring (bicyclic) bond motifs is 1. The minimum Gasteiger partial charge on any atom is -0.868 e. The van der Waals surface area contributed by atoms with Crippen molar-refractivity contribution in [2.75, 3.05) is 5.43 Å². The van der Waals surface area contributed by atoms with Crippen LogP contribution in [0.3, 0.4) is 0 Å². The molecule has 2 aromatic heterocycles. The van der Waals surface area contributed by atoms with Crippen LogP contribution in [0.4, 0.5) is 11.5 Å². The lowest BCUT2D eigenvalue weighted by molar-refractivity contribution is -0.398. The zero-order chi connectivity index (χ0) is 17.3. The van der Waals surface area contributed by atoms with Crippen LogP contribution in [0.1, 0.15) is 16.0 Å². The maximum Gasteiger partial charge on any atom is 0.262 e. The quantitative estimate of drug-likeness (QED) is 0.442.